The number of carbonyl (C=O) groups is 6. The summed E-state index contributed by atoms with van der Waals surface area (Å²) in [6.45, 7) is 23.6. The molecule has 7 heterocycles. The summed E-state index contributed by atoms with van der Waals surface area (Å²) in [5, 5.41) is 6.50. The minimum Gasteiger partial charge on any atom is -0.463 e. The first kappa shape index (κ1) is 75.8. The van der Waals surface area contributed by atoms with E-state index < -0.39 is 92.6 Å². The van der Waals surface area contributed by atoms with Crippen molar-refractivity contribution in [2.75, 3.05) is 102 Å². The molecule has 4 aliphatic rings. The number of amides is 4. The smallest absolute Gasteiger partial charge is 0.306 e. The van der Waals surface area contributed by atoms with E-state index in [9.17, 15) is 41.6 Å². The molecule has 3 aromatic heterocycles. The summed E-state index contributed by atoms with van der Waals surface area (Å²) in [5.74, 6) is -4.98. The van der Waals surface area contributed by atoms with Crippen LogP contribution in [0.2, 0.25) is 0 Å². The summed E-state index contributed by atoms with van der Waals surface area (Å²) in [4.78, 5) is 107. The Hall–Kier alpha value is -7.82. The minimum absolute atomic E-state index is 0.0118. The maximum Gasteiger partial charge on any atom is 0.306 e. The number of thiazole rings is 1. The number of ether oxygens (including phenoxy) is 2. The molecule has 4 aliphatic heterocycles. The molecular formula is C74H97F3N12O10S2. The van der Waals surface area contributed by atoms with Crippen molar-refractivity contribution in [1.82, 2.24) is 49.5 Å². The van der Waals surface area contributed by atoms with Gasteiger partial charge in [-0.05, 0) is 151 Å². The number of aryl methyl sites for hydroxylation is 1. The zero-order valence-electron chi connectivity index (χ0n) is 59.6. The molecule has 4 fully saturated rings. The summed E-state index contributed by atoms with van der Waals surface area (Å²) in [6, 6.07) is 16.4. The molecule has 4 atom stereocenters. The van der Waals surface area contributed by atoms with E-state index in [1.807, 2.05) is 109 Å². The van der Waals surface area contributed by atoms with E-state index in [-0.39, 0.29) is 67.8 Å². The van der Waals surface area contributed by atoms with Gasteiger partial charge >= 0.3 is 16.2 Å². The number of aromatic amines is 1. The molecule has 22 nitrogen and oxygen atoms in total. The van der Waals surface area contributed by atoms with Gasteiger partial charge in [-0.15, -0.1) is 11.3 Å². The second-order valence-electron chi connectivity index (χ2n) is 29.5. The summed E-state index contributed by atoms with van der Waals surface area (Å²) >= 11 is 1.52. The van der Waals surface area contributed by atoms with Gasteiger partial charge in [-0.1, -0.05) is 64.1 Å². The van der Waals surface area contributed by atoms with Gasteiger partial charge in [-0.25, -0.2) is 23.1 Å². The molecule has 0 spiro atoms. The molecule has 0 radical (unpaired) electrons. The van der Waals surface area contributed by atoms with E-state index in [1.54, 1.807) is 34.6 Å². The fraction of sp³-hybridized carbons (Fsp3) is 0.541. The molecule has 0 bridgehead atoms. The second kappa shape index (κ2) is 32.2. The largest absolute Gasteiger partial charge is 0.463 e. The van der Waals surface area contributed by atoms with Gasteiger partial charge in [0.25, 0.3) is 0 Å². The van der Waals surface area contributed by atoms with Crippen molar-refractivity contribution in [3.8, 4) is 21.6 Å². The van der Waals surface area contributed by atoms with Gasteiger partial charge in [-0.3, -0.25) is 43.3 Å². The highest BCUT2D eigenvalue weighted by molar-refractivity contribution is 7.90. The van der Waals surface area contributed by atoms with Gasteiger partial charge in [-0.2, -0.15) is 12.7 Å². The van der Waals surface area contributed by atoms with E-state index in [0.29, 0.717) is 60.5 Å². The van der Waals surface area contributed by atoms with Gasteiger partial charge < -0.3 is 39.8 Å². The summed E-state index contributed by atoms with van der Waals surface area (Å²) in [6.07, 6.45) is 5.60. The molecule has 27 heteroatoms. The summed E-state index contributed by atoms with van der Waals surface area (Å²) in [5.41, 5.74) is 3.93. The van der Waals surface area contributed by atoms with E-state index in [0.717, 1.165) is 109 Å². The zero-order valence-corrected chi connectivity index (χ0v) is 61.3. The number of hydrogen-bond acceptors (Lipinski definition) is 16. The predicted octanol–water partition coefficient (Wildman–Crippen LogP) is 10.2. The van der Waals surface area contributed by atoms with Crippen molar-refractivity contribution in [2.24, 2.45) is 11.3 Å². The van der Waals surface area contributed by atoms with Crippen molar-refractivity contribution >= 4 is 79.3 Å². The maximum absolute atomic E-state index is 15.9. The molecule has 101 heavy (non-hydrogen) atoms. The van der Waals surface area contributed by atoms with Gasteiger partial charge in [0.1, 0.15) is 36.3 Å². The Kier molecular flexibility index (Phi) is 24.2. The number of fused-ring (bicyclic) bond motifs is 1. The number of esters is 1. The number of nitrogens with one attached hydrogen (secondary N) is 4. The number of halogens is 3. The van der Waals surface area contributed by atoms with Gasteiger partial charge in [0, 0.05) is 113 Å². The Morgan fingerprint density at radius 2 is 1.51 bits per heavy atom. The van der Waals surface area contributed by atoms with Crippen LogP contribution in [0.4, 0.5) is 24.5 Å². The second-order valence-corrected chi connectivity index (χ2v) is 32.0. The molecule has 3 aromatic carbocycles. The Morgan fingerprint density at radius 3 is 2.17 bits per heavy atom. The number of carbonyl (C=O) groups excluding carboxylic acids is 6. The Labute approximate surface area is 594 Å². The van der Waals surface area contributed by atoms with E-state index in [1.165, 1.54) is 17.5 Å². The van der Waals surface area contributed by atoms with Crippen molar-refractivity contribution in [2.45, 2.75) is 156 Å². The lowest BCUT2D eigenvalue weighted by Crippen LogP contribution is -2.59. The lowest BCUT2D eigenvalue weighted by atomic mass is 9.85. The minimum atomic E-state index is -4.39. The van der Waals surface area contributed by atoms with Crippen LogP contribution in [-0.4, -0.2) is 204 Å². The number of H-pyrrole nitrogens is 1. The Balaban J connectivity index is 0.685. The highest BCUT2D eigenvalue weighted by Crippen LogP contribution is 2.35. The number of piperidine rings is 1. The third kappa shape index (κ3) is 18.7. The fourth-order valence-electron chi connectivity index (χ4n) is 13.5. The molecule has 1 unspecified atom stereocenters. The first-order valence-electron chi connectivity index (χ1n) is 35.1. The normalized spacial score (nSPS) is 18.4. The van der Waals surface area contributed by atoms with Crippen molar-refractivity contribution < 1.29 is 59.8 Å². The molecule has 0 aliphatic carbocycles. The van der Waals surface area contributed by atoms with Crippen molar-refractivity contribution in [3.05, 3.63) is 119 Å². The van der Waals surface area contributed by atoms with Crippen LogP contribution in [0.5, 0.6) is 0 Å². The lowest BCUT2D eigenvalue weighted by molar-refractivity contribution is -0.148. The number of anilines is 2. The topological polar surface area (TPSA) is 252 Å². The first-order valence-corrected chi connectivity index (χ1v) is 37.4. The van der Waals surface area contributed by atoms with Crippen LogP contribution >= 0.6 is 11.3 Å². The number of pyridine rings is 1. The molecule has 4 amide bonds. The SMILES string of the molecule is CCC(C)(C)OCCC(C)(C)N(C)C(=O)CCC(=O)OC[C@H](NC(=O)[C@@H]1CCCN1C(=O)C(NC(=O)CN1CCC(CN2CCN(c3ccc(-c4cnc5[nH]cc(C(=O)c6c(F)ccc(NS(=O)(=O)N7CC[C@@H](F)C7)c6F)c5c4)cc3)CC2)CC1)C(C)(C)C)c1ccc(-c2scnc2C)cc1. The molecule has 546 valence electrons. The van der Waals surface area contributed by atoms with Gasteiger partial charge in [0.15, 0.2) is 5.82 Å². The van der Waals surface area contributed by atoms with Crippen molar-refractivity contribution in [1.29, 1.82) is 0 Å². The van der Waals surface area contributed by atoms with E-state index >= 15 is 8.78 Å². The number of rotatable bonds is 28. The Bertz CT molecular complexity index is 4050. The van der Waals surface area contributed by atoms with Crippen LogP contribution in [0.1, 0.15) is 146 Å². The molecule has 4 saturated heterocycles. The molecule has 10 rings (SSSR count). The third-order valence-corrected chi connectivity index (χ3v) is 23.0. The quantitative estimate of drug-likeness (QED) is 0.0263. The van der Waals surface area contributed by atoms with Crippen LogP contribution in [0.3, 0.4) is 0 Å². The molecule has 4 N–H and O–H groups in total. The number of likely N-dealkylation sites (tertiary alicyclic amines) is 2. The van der Waals surface area contributed by atoms with E-state index in [4.69, 9.17) is 9.47 Å². The maximum atomic E-state index is 15.9. The number of hydrogen-bond donors (Lipinski definition) is 4. The fourth-order valence-corrected chi connectivity index (χ4v) is 15.5. The van der Waals surface area contributed by atoms with Gasteiger partial charge in [0.05, 0.1) is 51.9 Å². The number of piperazine rings is 1. The zero-order chi connectivity index (χ0) is 72.7. The van der Waals surface area contributed by atoms with Crippen LogP contribution in [0, 0.1) is 29.9 Å². The Morgan fingerprint density at radius 1 is 0.812 bits per heavy atom. The third-order valence-electron chi connectivity index (χ3n) is 20.5. The lowest BCUT2D eigenvalue weighted by Gasteiger charge is -2.40. The van der Waals surface area contributed by atoms with Crippen LogP contribution in [0.15, 0.2) is 84.6 Å². The first-order chi connectivity index (χ1) is 47.9. The number of benzene rings is 3. The van der Waals surface area contributed by atoms with E-state index in [2.05, 4.69) is 47.2 Å². The highest BCUT2D eigenvalue weighted by Gasteiger charge is 2.43. The summed E-state index contributed by atoms with van der Waals surface area (Å²) in [7, 11) is -2.66. The number of alkyl halides is 1. The average molecular weight is 1440 g/mol. The molecule has 0 saturated carbocycles. The number of nitrogens with zero attached hydrogens (tertiary/aromatic N) is 8. The van der Waals surface area contributed by atoms with Crippen LogP contribution < -0.4 is 20.3 Å². The predicted molar refractivity (Wildman–Crippen MR) is 384 cm³/mol. The number of ketones is 1. The van der Waals surface area contributed by atoms with Gasteiger partial charge in [0.2, 0.25) is 29.4 Å². The average Bonchev–Trinajstić information content (AvgIpc) is 1.71. The highest BCUT2D eigenvalue weighted by atomic mass is 32.2. The molecular weight excluding hydrogens is 1340 g/mol. The number of aromatic nitrogens is 3. The monoisotopic (exact) mass is 1430 g/mol. The summed E-state index contributed by atoms with van der Waals surface area (Å²) < 4.78 is 85.6. The standard InChI is InChI=1S/C74H97F3N12O10S2/c1-11-74(8,9)99-38-29-73(6,7)84(10)62(91)24-25-63(92)98-45-59(50-14-16-51(17-15-50)67-47(2)80-46-100-67)81-70(94)60-13-12-30-89(60)71(95)68(72(3,4)5)82-61(90)44-85-31-26-48(27-32-85)42-86-34-36-87(37-35-86)54-20-18-49(19-21-54)52-39-55-56(41-79-69(55)78-40-52)66(93)64-57(76)22-23-58(65(64)77)83-101(96,97)88-33-28-53(75)43-88/h14-23,39-41,46,48,53,59-60,68,83H,11-13,24-38,42-45H2,1-10H3,(H,78,79)(H,81,94)(H,82,90)/t53-,59+,60+,68?/m1/s1. The van der Waals surface area contributed by atoms with Crippen LogP contribution in [-0.2, 0) is 43.7 Å². The molecule has 6 aromatic rings. The van der Waals surface area contributed by atoms with Crippen LogP contribution in [0.25, 0.3) is 32.6 Å². The van der Waals surface area contributed by atoms with Crippen molar-refractivity contribution in [3.63, 3.8) is 0 Å².